The first kappa shape index (κ1) is 13.6. The van der Waals surface area contributed by atoms with Crippen LogP contribution < -0.4 is 5.73 Å². The van der Waals surface area contributed by atoms with Gasteiger partial charge >= 0.3 is 0 Å². The van der Waals surface area contributed by atoms with E-state index in [0.717, 1.165) is 5.76 Å². The lowest BCUT2D eigenvalue weighted by molar-refractivity contribution is 0.0802. The number of hydrogen-bond donors (Lipinski definition) is 2. The first-order valence-electron chi connectivity index (χ1n) is 6.89. The fraction of sp³-hybridized carbons (Fsp3) is 0.714. The van der Waals surface area contributed by atoms with Crippen molar-refractivity contribution in [2.75, 3.05) is 13.2 Å². The van der Waals surface area contributed by atoms with Crippen LogP contribution in [0.4, 0.5) is 0 Å². The van der Waals surface area contributed by atoms with Gasteiger partial charge in [0.05, 0.1) is 18.9 Å². The molecule has 4 nitrogen and oxygen atoms in total. The Bertz CT molecular complexity index is 332. The molecule has 2 rings (SSSR count). The Morgan fingerprint density at radius 1 is 1.50 bits per heavy atom. The zero-order valence-corrected chi connectivity index (χ0v) is 11.1. The number of rotatable bonds is 6. The fourth-order valence-electron chi connectivity index (χ4n) is 3.08. The molecular weight excluding hydrogens is 228 g/mol. The summed E-state index contributed by atoms with van der Waals surface area (Å²) in [4.78, 5) is 2.33. The molecule has 1 aromatic rings. The van der Waals surface area contributed by atoms with Crippen molar-refractivity contribution in [1.29, 1.82) is 0 Å². The lowest BCUT2D eigenvalue weighted by Crippen LogP contribution is -2.45. The predicted molar refractivity (Wildman–Crippen MR) is 71.1 cm³/mol. The van der Waals surface area contributed by atoms with Gasteiger partial charge in [0.25, 0.3) is 0 Å². The van der Waals surface area contributed by atoms with Gasteiger partial charge in [-0.15, -0.1) is 0 Å². The molecule has 0 aromatic carbocycles. The molecule has 0 bridgehead atoms. The highest BCUT2D eigenvalue weighted by atomic mass is 16.3. The van der Waals surface area contributed by atoms with Crippen LogP contribution in [0.3, 0.4) is 0 Å². The van der Waals surface area contributed by atoms with E-state index >= 15 is 0 Å². The molecule has 2 unspecified atom stereocenters. The first-order valence-corrected chi connectivity index (χ1v) is 6.89. The molecule has 4 heteroatoms. The monoisotopic (exact) mass is 252 g/mol. The van der Waals surface area contributed by atoms with E-state index < -0.39 is 0 Å². The average molecular weight is 252 g/mol. The number of nitrogens with zero attached hydrogens (tertiary/aromatic N) is 1. The Morgan fingerprint density at radius 3 is 2.72 bits per heavy atom. The van der Waals surface area contributed by atoms with Gasteiger partial charge in [0.1, 0.15) is 5.76 Å². The number of aliphatic hydroxyl groups excluding tert-OH is 1. The predicted octanol–water partition coefficient (Wildman–Crippen LogP) is 1.90. The molecule has 0 radical (unpaired) electrons. The minimum absolute atomic E-state index is 0.0108. The van der Waals surface area contributed by atoms with Crippen LogP contribution in [0.15, 0.2) is 22.8 Å². The average Bonchev–Trinajstić information content (AvgIpc) is 3.01. The zero-order chi connectivity index (χ0) is 13.0. The second-order valence-electron chi connectivity index (χ2n) is 5.22. The lowest BCUT2D eigenvalue weighted by Gasteiger charge is -2.37. The molecule has 1 aromatic heterocycles. The van der Waals surface area contributed by atoms with Crippen LogP contribution in [-0.4, -0.2) is 35.2 Å². The second-order valence-corrected chi connectivity index (χ2v) is 5.22. The summed E-state index contributed by atoms with van der Waals surface area (Å²) in [6.45, 7) is 2.84. The van der Waals surface area contributed by atoms with E-state index in [2.05, 4.69) is 4.90 Å². The third-order valence-corrected chi connectivity index (χ3v) is 3.84. The van der Waals surface area contributed by atoms with E-state index in [9.17, 15) is 5.11 Å². The molecule has 1 fully saturated rings. The van der Waals surface area contributed by atoms with E-state index in [0.29, 0.717) is 12.6 Å². The van der Waals surface area contributed by atoms with Gasteiger partial charge in [0.15, 0.2) is 0 Å². The van der Waals surface area contributed by atoms with Crippen molar-refractivity contribution < 1.29 is 9.52 Å². The summed E-state index contributed by atoms with van der Waals surface area (Å²) < 4.78 is 5.54. The largest absolute Gasteiger partial charge is 0.468 e. The number of hydrogen-bond acceptors (Lipinski definition) is 4. The van der Waals surface area contributed by atoms with Crippen molar-refractivity contribution in [1.82, 2.24) is 4.90 Å². The quantitative estimate of drug-likeness (QED) is 0.811. The van der Waals surface area contributed by atoms with Crippen molar-refractivity contribution >= 4 is 0 Å². The summed E-state index contributed by atoms with van der Waals surface area (Å²) >= 11 is 0. The van der Waals surface area contributed by atoms with E-state index in [1.54, 1.807) is 6.26 Å². The molecule has 0 amide bonds. The Kier molecular flexibility index (Phi) is 4.80. The summed E-state index contributed by atoms with van der Waals surface area (Å²) in [5.41, 5.74) is 6.14. The van der Waals surface area contributed by atoms with Gasteiger partial charge in [0, 0.05) is 18.6 Å². The van der Waals surface area contributed by atoms with E-state index in [1.807, 2.05) is 19.1 Å². The van der Waals surface area contributed by atoms with Crippen LogP contribution in [0.5, 0.6) is 0 Å². The number of nitrogens with two attached hydrogens (primary N) is 1. The van der Waals surface area contributed by atoms with Crippen LogP contribution in [0, 0.1) is 0 Å². The SMILES string of the molecule is CC(N)C(c1ccco1)N(CCO)C1CCCC1. The molecule has 1 aliphatic rings. The van der Waals surface area contributed by atoms with Crippen molar-refractivity contribution in [2.45, 2.75) is 50.7 Å². The summed E-state index contributed by atoms with van der Waals surface area (Å²) in [6.07, 6.45) is 6.64. The number of aliphatic hydroxyl groups is 1. The summed E-state index contributed by atoms with van der Waals surface area (Å²) in [7, 11) is 0. The Morgan fingerprint density at radius 2 is 2.22 bits per heavy atom. The van der Waals surface area contributed by atoms with Crippen LogP contribution in [0.1, 0.15) is 44.4 Å². The molecule has 18 heavy (non-hydrogen) atoms. The standard InChI is InChI=1S/C14H24N2O2/c1-11(15)14(13-7-4-10-18-13)16(8-9-17)12-5-2-3-6-12/h4,7,10-12,14,17H,2-3,5-6,8-9,15H2,1H3. The summed E-state index contributed by atoms with van der Waals surface area (Å²) in [6, 6.07) is 4.46. The maximum atomic E-state index is 9.31. The highest BCUT2D eigenvalue weighted by molar-refractivity contribution is 5.08. The minimum atomic E-state index is -0.0108. The molecule has 102 valence electrons. The van der Waals surface area contributed by atoms with Gasteiger partial charge in [0.2, 0.25) is 0 Å². The van der Waals surface area contributed by atoms with E-state index in [1.165, 1.54) is 25.7 Å². The van der Waals surface area contributed by atoms with E-state index in [4.69, 9.17) is 10.2 Å². The third kappa shape index (κ3) is 2.94. The van der Waals surface area contributed by atoms with Gasteiger partial charge in [-0.3, -0.25) is 4.90 Å². The first-order chi connectivity index (χ1) is 8.74. The Labute approximate surface area is 109 Å². The molecule has 3 N–H and O–H groups in total. The van der Waals surface area contributed by atoms with Crippen LogP contribution in [0.2, 0.25) is 0 Å². The second kappa shape index (κ2) is 6.36. The fourth-order valence-corrected chi connectivity index (χ4v) is 3.08. The van der Waals surface area contributed by atoms with Crippen molar-refractivity contribution in [3.05, 3.63) is 24.2 Å². The van der Waals surface area contributed by atoms with Gasteiger partial charge < -0.3 is 15.3 Å². The lowest BCUT2D eigenvalue weighted by atomic mass is 10.0. The molecule has 1 aliphatic carbocycles. The smallest absolute Gasteiger partial charge is 0.122 e. The van der Waals surface area contributed by atoms with Crippen molar-refractivity contribution in [2.24, 2.45) is 5.73 Å². The Balaban J connectivity index is 2.19. The number of furan rings is 1. The Hall–Kier alpha value is -0.840. The van der Waals surface area contributed by atoms with Crippen LogP contribution in [-0.2, 0) is 0 Å². The van der Waals surface area contributed by atoms with Gasteiger partial charge in [-0.1, -0.05) is 12.8 Å². The third-order valence-electron chi connectivity index (χ3n) is 3.84. The van der Waals surface area contributed by atoms with E-state index in [-0.39, 0.29) is 18.7 Å². The summed E-state index contributed by atoms with van der Waals surface area (Å²) in [5.74, 6) is 0.908. The maximum Gasteiger partial charge on any atom is 0.122 e. The maximum absolute atomic E-state index is 9.31. The van der Waals surface area contributed by atoms with Gasteiger partial charge in [-0.05, 0) is 31.9 Å². The van der Waals surface area contributed by atoms with Crippen LogP contribution >= 0.6 is 0 Å². The van der Waals surface area contributed by atoms with Gasteiger partial charge in [-0.2, -0.15) is 0 Å². The highest BCUT2D eigenvalue weighted by Gasteiger charge is 2.32. The molecule has 0 saturated heterocycles. The molecular formula is C14H24N2O2. The van der Waals surface area contributed by atoms with Gasteiger partial charge in [-0.25, -0.2) is 0 Å². The zero-order valence-electron chi connectivity index (χ0n) is 11.1. The molecule has 1 heterocycles. The topological polar surface area (TPSA) is 62.6 Å². The molecule has 0 spiro atoms. The van der Waals surface area contributed by atoms with Crippen molar-refractivity contribution in [3.63, 3.8) is 0 Å². The molecule has 2 atom stereocenters. The minimum Gasteiger partial charge on any atom is -0.468 e. The summed E-state index contributed by atoms with van der Waals surface area (Å²) in [5, 5.41) is 9.31. The highest BCUT2D eigenvalue weighted by Crippen LogP contribution is 2.32. The molecule has 0 aliphatic heterocycles. The van der Waals surface area contributed by atoms with Crippen LogP contribution in [0.25, 0.3) is 0 Å². The molecule has 1 saturated carbocycles. The normalized spacial score (nSPS) is 20.4. The van der Waals surface area contributed by atoms with Crippen molar-refractivity contribution in [3.8, 4) is 0 Å².